The van der Waals surface area contributed by atoms with Crippen molar-refractivity contribution in [1.82, 2.24) is 10.3 Å². The molecule has 0 aliphatic rings. The van der Waals surface area contributed by atoms with Crippen molar-refractivity contribution < 1.29 is 9.90 Å². The molecule has 6 heteroatoms. The van der Waals surface area contributed by atoms with Gasteiger partial charge in [0, 0.05) is 30.2 Å². The van der Waals surface area contributed by atoms with Gasteiger partial charge in [-0.2, -0.15) is 0 Å². The van der Waals surface area contributed by atoms with Crippen LogP contribution in [0.1, 0.15) is 29.8 Å². The molecule has 0 aliphatic heterocycles. The van der Waals surface area contributed by atoms with E-state index in [4.69, 9.17) is 0 Å². The summed E-state index contributed by atoms with van der Waals surface area (Å²) in [5.41, 5.74) is 3.61. The molecule has 3 aromatic rings. The number of aliphatic hydroxyl groups excluding tert-OH is 1. The minimum Gasteiger partial charge on any atom is -0.387 e. The summed E-state index contributed by atoms with van der Waals surface area (Å²) in [7, 11) is 0. The van der Waals surface area contributed by atoms with Crippen molar-refractivity contribution in [2.24, 2.45) is 0 Å². The van der Waals surface area contributed by atoms with Gasteiger partial charge in [-0.25, -0.2) is 0 Å². The molecular weight excluding hydrogens is 398 g/mol. The highest BCUT2D eigenvalue weighted by molar-refractivity contribution is 5.92. The van der Waals surface area contributed by atoms with Gasteiger partial charge < -0.3 is 15.7 Å². The number of hydrogen-bond donors (Lipinski definition) is 3. The van der Waals surface area contributed by atoms with Crippen molar-refractivity contribution >= 4 is 24.0 Å². The number of aromatic nitrogens is 1. The molecule has 1 amide bonds. The standard InChI is InChI=1S/C24H27N3O2.ClH/c1-18(26-17-23(28)20-7-3-2-4-8-20)15-19-10-12-21(13-11-19)27-24(29)16-22-9-5-6-14-25-22;/h2-14,18,23,26,28H,15-17H2,1H3,(H,27,29);1H/t18-,23+;/m0./s1. The van der Waals surface area contributed by atoms with Gasteiger partial charge in [0.1, 0.15) is 0 Å². The molecule has 0 radical (unpaired) electrons. The van der Waals surface area contributed by atoms with Crippen LogP contribution >= 0.6 is 12.4 Å². The molecule has 0 aliphatic carbocycles. The Balaban J connectivity index is 0.00000320. The zero-order chi connectivity index (χ0) is 20.5. The molecule has 0 fully saturated rings. The van der Waals surface area contributed by atoms with Crippen LogP contribution in [-0.2, 0) is 17.6 Å². The maximum absolute atomic E-state index is 12.1. The van der Waals surface area contributed by atoms with Crippen LogP contribution in [0.5, 0.6) is 0 Å². The van der Waals surface area contributed by atoms with E-state index in [0.717, 1.165) is 23.4 Å². The lowest BCUT2D eigenvalue weighted by atomic mass is 10.1. The average Bonchev–Trinajstić information content (AvgIpc) is 2.75. The third-order valence-corrected chi connectivity index (χ3v) is 4.69. The van der Waals surface area contributed by atoms with Crippen LogP contribution in [-0.4, -0.2) is 28.6 Å². The molecule has 3 N–H and O–H groups in total. The number of hydrogen-bond acceptors (Lipinski definition) is 4. The van der Waals surface area contributed by atoms with Gasteiger partial charge in [0.2, 0.25) is 5.91 Å². The van der Waals surface area contributed by atoms with E-state index in [1.807, 2.05) is 72.8 Å². The predicted molar refractivity (Wildman–Crippen MR) is 123 cm³/mol. The number of nitrogens with zero attached hydrogens (tertiary/aromatic N) is 1. The van der Waals surface area contributed by atoms with Gasteiger partial charge in [0.15, 0.2) is 0 Å². The van der Waals surface area contributed by atoms with Crippen LogP contribution < -0.4 is 10.6 Å². The fraction of sp³-hybridized carbons (Fsp3) is 0.250. The normalized spacial score (nSPS) is 12.5. The number of anilines is 1. The summed E-state index contributed by atoms with van der Waals surface area (Å²) < 4.78 is 0. The van der Waals surface area contributed by atoms with Crippen molar-refractivity contribution in [2.45, 2.75) is 31.9 Å². The molecule has 1 heterocycles. The summed E-state index contributed by atoms with van der Waals surface area (Å²) in [5, 5.41) is 16.5. The van der Waals surface area contributed by atoms with Crippen LogP contribution in [0.3, 0.4) is 0 Å². The maximum Gasteiger partial charge on any atom is 0.230 e. The molecular formula is C24H28ClN3O2. The maximum atomic E-state index is 12.1. The van der Waals surface area contributed by atoms with Gasteiger partial charge in [-0.3, -0.25) is 9.78 Å². The van der Waals surface area contributed by atoms with E-state index in [-0.39, 0.29) is 30.8 Å². The van der Waals surface area contributed by atoms with Gasteiger partial charge in [-0.05, 0) is 48.7 Å². The Kier molecular flexibility index (Phi) is 9.48. The Hall–Kier alpha value is -2.73. The monoisotopic (exact) mass is 425 g/mol. The number of amides is 1. The SMILES string of the molecule is C[C@@H](Cc1ccc(NC(=O)Cc2ccccn2)cc1)NC[C@@H](O)c1ccccc1.Cl. The molecule has 0 spiro atoms. The van der Waals surface area contributed by atoms with Crippen molar-refractivity contribution in [2.75, 3.05) is 11.9 Å². The highest BCUT2D eigenvalue weighted by Crippen LogP contribution is 2.14. The molecule has 2 aromatic carbocycles. The molecule has 0 saturated carbocycles. The van der Waals surface area contributed by atoms with Crippen molar-refractivity contribution in [1.29, 1.82) is 0 Å². The van der Waals surface area contributed by atoms with Gasteiger partial charge in [0.05, 0.1) is 12.5 Å². The van der Waals surface area contributed by atoms with Crippen molar-refractivity contribution in [3.8, 4) is 0 Å². The van der Waals surface area contributed by atoms with E-state index in [0.29, 0.717) is 6.54 Å². The Morgan fingerprint density at radius 1 is 1.00 bits per heavy atom. The van der Waals surface area contributed by atoms with E-state index >= 15 is 0 Å². The van der Waals surface area contributed by atoms with Crippen molar-refractivity contribution in [3.63, 3.8) is 0 Å². The first kappa shape index (κ1) is 23.5. The summed E-state index contributed by atoms with van der Waals surface area (Å²) in [6.45, 7) is 2.60. The first-order valence-corrected chi connectivity index (χ1v) is 9.85. The van der Waals surface area contributed by atoms with E-state index < -0.39 is 6.10 Å². The molecule has 1 aromatic heterocycles. The van der Waals surface area contributed by atoms with Crippen LogP contribution in [0.15, 0.2) is 79.0 Å². The Labute approximate surface area is 184 Å². The first-order chi connectivity index (χ1) is 14.1. The minimum absolute atomic E-state index is 0. The quantitative estimate of drug-likeness (QED) is 0.485. The second kappa shape index (κ2) is 12.1. The third-order valence-electron chi connectivity index (χ3n) is 4.69. The van der Waals surface area contributed by atoms with E-state index in [2.05, 4.69) is 22.5 Å². The van der Waals surface area contributed by atoms with Crippen LogP contribution in [0.4, 0.5) is 5.69 Å². The van der Waals surface area contributed by atoms with Crippen LogP contribution in [0.2, 0.25) is 0 Å². The van der Waals surface area contributed by atoms with Crippen molar-refractivity contribution in [3.05, 3.63) is 95.8 Å². The molecule has 0 unspecified atom stereocenters. The lowest BCUT2D eigenvalue weighted by molar-refractivity contribution is -0.115. The summed E-state index contributed by atoms with van der Waals surface area (Å²) in [5.74, 6) is -0.0821. The molecule has 0 saturated heterocycles. The summed E-state index contributed by atoms with van der Waals surface area (Å²) in [6, 6.07) is 23.3. The largest absolute Gasteiger partial charge is 0.387 e. The number of carbonyl (C=O) groups excluding carboxylic acids is 1. The fourth-order valence-electron chi connectivity index (χ4n) is 3.13. The van der Waals surface area contributed by atoms with E-state index in [9.17, 15) is 9.90 Å². The Bertz CT molecular complexity index is 889. The molecule has 3 rings (SSSR count). The Morgan fingerprint density at radius 3 is 2.37 bits per heavy atom. The van der Waals surface area contributed by atoms with E-state index in [1.54, 1.807) is 6.20 Å². The molecule has 5 nitrogen and oxygen atoms in total. The molecule has 2 atom stereocenters. The Morgan fingerprint density at radius 2 is 1.70 bits per heavy atom. The second-order valence-electron chi connectivity index (χ2n) is 7.18. The zero-order valence-corrected chi connectivity index (χ0v) is 17.8. The first-order valence-electron chi connectivity index (χ1n) is 9.85. The number of nitrogens with one attached hydrogen (secondary N) is 2. The smallest absolute Gasteiger partial charge is 0.230 e. The fourth-order valence-corrected chi connectivity index (χ4v) is 3.13. The molecule has 30 heavy (non-hydrogen) atoms. The summed E-state index contributed by atoms with van der Waals surface area (Å²) in [4.78, 5) is 16.3. The van der Waals surface area contributed by atoms with Crippen LogP contribution in [0.25, 0.3) is 0 Å². The highest BCUT2D eigenvalue weighted by Gasteiger charge is 2.10. The number of pyridine rings is 1. The summed E-state index contributed by atoms with van der Waals surface area (Å²) in [6.07, 6.45) is 2.26. The third kappa shape index (κ3) is 7.59. The van der Waals surface area contributed by atoms with Gasteiger partial charge in [-0.15, -0.1) is 12.4 Å². The average molecular weight is 426 g/mol. The number of aliphatic hydroxyl groups is 1. The van der Waals surface area contributed by atoms with Crippen LogP contribution in [0, 0.1) is 0 Å². The number of rotatable bonds is 9. The molecule has 158 valence electrons. The molecule has 0 bridgehead atoms. The number of halogens is 1. The minimum atomic E-state index is -0.518. The summed E-state index contributed by atoms with van der Waals surface area (Å²) >= 11 is 0. The number of carbonyl (C=O) groups is 1. The van der Waals surface area contributed by atoms with Gasteiger partial charge >= 0.3 is 0 Å². The number of benzene rings is 2. The van der Waals surface area contributed by atoms with E-state index in [1.165, 1.54) is 5.56 Å². The van der Waals surface area contributed by atoms with Gasteiger partial charge in [-0.1, -0.05) is 48.5 Å². The zero-order valence-electron chi connectivity index (χ0n) is 17.0. The lowest BCUT2D eigenvalue weighted by Gasteiger charge is -2.18. The van der Waals surface area contributed by atoms with Gasteiger partial charge in [0.25, 0.3) is 0 Å². The second-order valence-corrected chi connectivity index (χ2v) is 7.18. The topological polar surface area (TPSA) is 74.2 Å². The predicted octanol–water partition coefficient (Wildman–Crippen LogP) is 3.94. The lowest BCUT2D eigenvalue weighted by Crippen LogP contribution is -2.32. The highest BCUT2D eigenvalue weighted by atomic mass is 35.5.